The summed E-state index contributed by atoms with van der Waals surface area (Å²) in [6.45, 7) is 7.98. The Balaban J connectivity index is 1.25. The molecule has 2 saturated carbocycles. The molecule has 4 fully saturated rings. The van der Waals surface area contributed by atoms with Gasteiger partial charge in [0.05, 0.1) is 23.6 Å². The topological polar surface area (TPSA) is 192 Å². The van der Waals surface area contributed by atoms with Crippen LogP contribution in [0.5, 0.6) is 0 Å². The lowest BCUT2D eigenvalue weighted by Gasteiger charge is -2.39. The van der Waals surface area contributed by atoms with Crippen molar-refractivity contribution < 1.29 is 34.1 Å². The van der Waals surface area contributed by atoms with Gasteiger partial charge in [-0.1, -0.05) is 52.2 Å². The summed E-state index contributed by atoms with van der Waals surface area (Å²) in [5.41, 5.74) is -0.0823. The maximum absolute atomic E-state index is 14.5. The van der Waals surface area contributed by atoms with Gasteiger partial charge in [-0.25, -0.2) is 4.68 Å². The second-order valence-electron chi connectivity index (χ2n) is 16.1. The third-order valence-corrected chi connectivity index (χ3v) is 11.1. The molecule has 6 atom stereocenters. The fourth-order valence-corrected chi connectivity index (χ4v) is 8.31. The van der Waals surface area contributed by atoms with Crippen molar-refractivity contribution in [2.75, 3.05) is 20.1 Å². The molecule has 2 saturated heterocycles. The van der Waals surface area contributed by atoms with E-state index < -0.39 is 53.1 Å². The zero-order valence-corrected chi connectivity index (χ0v) is 29.9. The van der Waals surface area contributed by atoms with E-state index in [1.807, 2.05) is 27.0 Å². The molecule has 4 aliphatic rings. The smallest absolute Gasteiger partial charge is 0.271 e. The molecule has 0 aromatic carbocycles. The predicted molar refractivity (Wildman–Crippen MR) is 178 cm³/mol. The van der Waals surface area contributed by atoms with Crippen LogP contribution in [-0.4, -0.2) is 113 Å². The van der Waals surface area contributed by atoms with E-state index in [0.29, 0.717) is 0 Å². The van der Waals surface area contributed by atoms with Crippen LogP contribution < -0.4 is 15.3 Å². The Morgan fingerprint density at radius 3 is 2.16 bits per heavy atom. The summed E-state index contributed by atoms with van der Waals surface area (Å²) < 4.78 is 4.94. The quantitative estimate of drug-likeness (QED) is 0.251. The molecule has 6 rings (SSSR count). The molecule has 2 aliphatic heterocycles. The minimum absolute atomic E-state index is 0.0129. The number of hydrogen-bond donors (Lipinski definition) is 4. The van der Waals surface area contributed by atoms with Crippen LogP contribution in [-0.2, 0) is 25.8 Å². The summed E-state index contributed by atoms with van der Waals surface area (Å²) in [6.07, 6.45) is 10.3. The lowest BCUT2D eigenvalue weighted by molar-refractivity contribution is -0.778. The number of rotatable bonds is 10. The van der Waals surface area contributed by atoms with Gasteiger partial charge < -0.3 is 30.6 Å². The van der Waals surface area contributed by atoms with Gasteiger partial charge in [0.25, 0.3) is 5.91 Å². The van der Waals surface area contributed by atoms with Crippen molar-refractivity contribution in [1.29, 1.82) is 0 Å². The molecule has 0 bridgehead atoms. The van der Waals surface area contributed by atoms with E-state index in [2.05, 4.69) is 27.9 Å². The monoisotopic (exact) mass is 697 g/mol. The minimum Gasteiger partial charge on any atom is -0.391 e. The van der Waals surface area contributed by atoms with Crippen LogP contribution in [0, 0.1) is 10.8 Å². The SMILES string of the molecule is CNC(=O)C1CC(O)CN1C(=O)C([n+]1cc(C2CC2)n(CNC(=O)C2CC(O)CN2C(=O)[C@@H](n2ccnn2)C(C)(C)C)n1)C1(C)CCCCC1. The molecule has 50 heavy (non-hydrogen) atoms. The minimum atomic E-state index is -0.892. The molecule has 16 heteroatoms. The zero-order valence-electron chi connectivity index (χ0n) is 29.9. The molecule has 0 radical (unpaired) electrons. The summed E-state index contributed by atoms with van der Waals surface area (Å²) in [4.78, 5) is 58.1. The summed E-state index contributed by atoms with van der Waals surface area (Å²) >= 11 is 0. The summed E-state index contributed by atoms with van der Waals surface area (Å²) in [7, 11) is 1.53. The van der Waals surface area contributed by atoms with Gasteiger partial charge in [0.1, 0.15) is 18.1 Å². The van der Waals surface area contributed by atoms with E-state index in [-0.39, 0.29) is 56.2 Å². The van der Waals surface area contributed by atoms with Gasteiger partial charge in [0.2, 0.25) is 23.8 Å². The normalized spacial score (nSPS) is 26.5. The van der Waals surface area contributed by atoms with Crippen LogP contribution in [0.15, 0.2) is 18.6 Å². The summed E-state index contributed by atoms with van der Waals surface area (Å²) in [6, 6.07) is -3.10. The highest BCUT2D eigenvalue weighted by Gasteiger charge is 2.52. The Hall–Kier alpha value is -3.92. The zero-order chi connectivity index (χ0) is 36.0. The average Bonchev–Trinajstić information content (AvgIpc) is 3.40. The predicted octanol–water partition coefficient (Wildman–Crippen LogP) is 0.182. The van der Waals surface area contributed by atoms with E-state index in [9.17, 15) is 29.4 Å². The van der Waals surface area contributed by atoms with Crippen molar-refractivity contribution in [2.45, 2.75) is 134 Å². The summed E-state index contributed by atoms with van der Waals surface area (Å²) in [5, 5.41) is 39.6. The number of likely N-dealkylation sites (tertiary alicyclic amines) is 2. The largest absolute Gasteiger partial charge is 0.391 e. The van der Waals surface area contributed by atoms with Crippen LogP contribution in [0.3, 0.4) is 0 Å². The molecular weight excluding hydrogens is 644 g/mol. The number of carbonyl (C=O) groups is 4. The molecule has 4 amide bonds. The first-order valence-electron chi connectivity index (χ1n) is 18.0. The van der Waals surface area contributed by atoms with Crippen LogP contribution >= 0.6 is 0 Å². The van der Waals surface area contributed by atoms with Crippen molar-refractivity contribution in [2.24, 2.45) is 10.8 Å². The number of β-amino-alcohol motifs (C(OH)–C–C–N with tert-alkyl or cyclic N) is 2. The van der Waals surface area contributed by atoms with Gasteiger partial charge in [-0.3, -0.25) is 19.2 Å². The summed E-state index contributed by atoms with van der Waals surface area (Å²) in [5.74, 6) is -1.05. The van der Waals surface area contributed by atoms with Crippen molar-refractivity contribution >= 4 is 23.6 Å². The van der Waals surface area contributed by atoms with Gasteiger partial charge >= 0.3 is 0 Å². The van der Waals surface area contributed by atoms with E-state index >= 15 is 0 Å². The number of amides is 4. The second kappa shape index (κ2) is 14.0. The van der Waals surface area contributed by atoms with Crippen molar-refractivity contribution in [3.8, 4) is 0 Å². The van der Waals surface area contributed by atoms with Crippen molar-refractivity contribution in [3.05, 3.63) is 24.3 Å². The van der Waals surface area contributed by atoms with Crippen LogP contribution in [0.2, 0.25) is 0 Å². The Bertz CT molecular complexity index is 1560. The molecule has 4 N–H and O–H groups in total. The van der Waals surface area contributed by atoms with Crippen LogP contribution in [0.4, 0.5) is 0 Å². The average molecular weight is 698 g/mol. The lowest BCUT2D eigenvalue weighted by Crippen LogP contribution is -2.60. The van der Waals surface area contributed by atoms with Crippen LogP contribution in [0.1, 0.15) is 109 Å². The molecule has 274 valence electrons. The molecule has 2 aromatic heterocycles. The fourth-order valence-electron chi connectivity index (χ4n) is 8.31. The van der Waals surface area contributed by atoms with E-state index in [4.69, 9.17) is 5.21 Å². The number of likely N-dealkylation sites (N-methyl/N-ethyl adjacent to an activating group) is 1. The lowest BCUT2D eigenvalue weighted by atomic mass is 9.70. The third kappa shape index (κ3) is 7.13. The Kier molecular flexibility index (Phi) is 10.1. The van der Waals surface area contributed by atoms with E-state index in [0.717, 1.165) is 50.6 Å². The second-order valence-corrected chi connectivity index (χ2v) is 16.1. The van der Waals surface area contributed by atoms with Gasteiger partial charge in [0, 0.05) is 50.5 Å². The van der Waals surface area contributed by atoms with Gasteiger partial charge in [0.15, 0.2) is 18.6 Å². The maximum atomic E-state index is 14.5. The molecule has 2 aliphatic carbocycles. The highest BCUT2D eigenvalue weighted by molar-refractivity contribution is 5.90. The van der Waals surface area contributed by atoms with Gasteiger partial charge in [-0.05, 0) is 31.1 Å². The number of aromatic nitrogens is 6. The van der Waals surface area contributed by atoms with Gasteiger partial charge in [-0.2, -0.15) is 0 Å². The van der Waals surface area contributed by atoms with Crippen molar-refractivity contribution in [1.82, 2.24) is 45.3 Å². The first-order chi connectivity index (χ1) is 23.7. The Morgan fingerprint density at radius 2 is 1.60 bits per heavy atom. The number of nitrogens with one attached hydrogen (secondary N) is 2. The standard InChI is InChI=1S/C34H52N10O6/c1-33(2,3)27(42-14-13-37-38-42)31(49)41-18-23(46)16-25(41)30(48)36-20-44-26(21-9-10-21)19-43(39-44)28(34(4)11-7-6-8-12-34)32(50)40-17-22(45)15-24(40)29(47)35-5/h13-14,19,21-25,27-28,45-46H,6-12,15-18,20H2,1-5H3,(H-,35,36,47,48)/p+1/t22?,23?,24?,25?,27-,28?/m1/s1. The third-order valence-electron chi connectivity index (χ3n) is 11.1. The molecule has 4 heterocycles. The molecule has 16 nitrogen and oxygen atoms in total. The first kappa shape index (κ1) is 35.9. The van der Waals surface area contributed by atoms with E-state index in [1.165, 1.54) is 27.7 Å². The first-order valence-corrected chi connectivity index (χ1v) is 18.0. The van der Waals surface area contributed by atoms with Crippen molar-refractivity contribution in [3.63, 3.8) is 0 Å². The van der Waals surface area contributed by atoms with E-state index in [1.54, 1.807) is 15.6 Å². The molecular formula is C34H53N10O6+. The number of carbonyl (C=O) groups excluding carboxylic acids is 4. The molecule has 5 unspecified atom stereocenters. The van der Waals surface area contributed by atoms with Gasteiger partial charge in [-0.15, -0.1) is 14.5 Å². The highest BCUT2D eigenvalue weighted by atomic mass is 16.3. The number of hydrogen-bond acceptors (Lipinski definition) is 9. The number of aliphatic hydroxyl groups is 2. The highest BCUT2D eigenvalue weighted by Crippen LogP contribution is 2.45. The number of nitrogens with zero attached hydrogens (tertiary/aromatic N) is 8. The fraction of sp³-hybridized carbons (Fsp3) is 0.765. The Morgan fingerprint density at radius 1 is 0.980 bits per heavy atom. The Labute approximate surface area is 292 Å². The molecule has 2 aromatic rings. The van der Waals surface area contributed by atoms with Crippen LogP contribution in [0.25, 0.3) is 0 Å². The maximum Gasteiger partial charge on any atom is 0.271 e. The number of aliphatic hydroxyl groups excluding tert-OH is 2. The molecule has 0 spiro atoms.